The fraction of sp³-hybridized carbons (Fsp3) is 0.714. The highest BCUT2D eigenvalue weighted by molar-refractivity contribution is 4.72. The number of rotatable bonds is 5. The van der Waals surface area contributed by atoms with Crippen molar-refractivity contribution in [2.45, 2.75) is 12.8 Å². The zero-order chi connectivity index (χ0) is 7.11. The second-order valence-corrected chi connectivity index (χ2v) is 2.09. The van der Waals surface area contributed by atoms with Crippen molar-refractivity contribution < 1.29 is 10.2 Å². The van der Waals surface area contributed by atoms with Crippen molar-refractivity contribution in [1.82, 2.24) is 0 Å². The normalized spacial score (nSPS) is 13.1. The lowest BCUT2D eigenvalue weighted by atomic mass is 10.0. The molecule has 2 nitrogen and oxygen atoms in total. The van der Waals surface area contributed by atoms with Gasteiger partial charge < -0.3 is 10.2 Å². The Morgan fingerprint density at radius 1 is 1.44 bits per heavy atom. The molecule has 0 heterocycles. The van der Waals surface area contributed by atoms with Crippen molar-refractivity contribution in [3.8, 4) is 0 Å². The van der Waals surface area contributed by atoms with Crippen LogP contribution >= 0.6 is 0 Å². The highest BCUT2D eigenvalue weighted by Gasteiger charge is 2.02. The molecule has 2 N–H and O–H groups in total. The minimum absolute atomic E-state index is 0.145. The Bertz CT molecular complexity index is 71.3. The van der Waals surface area contributed by atoms with E-state index in [0.29, 0.717) is 6.42 Å². The topological polar surface area (TPSA) is 40.5 Å². The van der Waals surface area contributed by atoms with Crippen molar-refractivity contribution in [2.24, 2.45) is 5.92 Å². The van der Waals surface area contributed by atoms with E-state index < -0.39 is 0 Å². The minimum atomic E-state index is 0.145. The maximum atomic E-state index is 8.63. The molecule has 2 heteroatoms. The molecule has 0 aromatic heterocycles. The standard InChI is InChI=1S/C7H14O2/c1-2-3-7(6-9)4-5-8/h2,7-9H,1,3-6H2. The zero-order valence-electron chi connectivity index (χ0n) is 5.58. The van der Waals surface area contributed by atoms with Crippen LogP contribution in [0.1, 0.15) is 12.8 Å². The largest absolute Gasteiger partial charge is 0.396 e. The number of allylic oxidation sites excluding steroid dienone is 1. The average molecular weight is 130 g/mol. The Morgan fingerprint density at radius 3 is 2.44 bits per heavy atom. The van der Waals surface area contributed by atoms with Crippen LogP contribution in [0.3, 0.4) is 0 Å². The molecule has 9 heavy (non-hydrogen) atoms. The summed E-state index contributed by atoms with van der Waals surface area (Å²) in [4.78, 5) is 0. The van der Waals surface area contributed by atoms with Gasteiger partial charge in [-0.1, -0.05) is 6.08 Å². The second-order valence-electron chi connectivity index (χ2n) is 2.09. The molecule has 0 aromatic rings. The van der Waals surface area contributed by atoms with Gasteiger partial charge in [-0.25, -0.2) is 0 Å². The van der Waals surface area contributed by atoms with Gasteiger partial charge in [-0.2, -0.15) is 0 Å². The van der Waals surface area contributed by atoms with Crippen LogP contribution in [0.25, 0.3) is 0 Å². The lowest BCUT2D eigenvalue weighted by molar-refractivity contribution is 0.185. The predicted octanol–water partition coefficient (Wildman–Crippen LogP) is 0.553. The summed E-state index contributed by atoms with van der Waals surface area (Å²) >= 11 is 0. The van der Waals surface area contributed by atoms with Crippen LogP contribution < -0.4 is 0 Å². The SMILES string of the molecule is C=CCC(CO)CCO. The molecular formula is C7H14O2. The molecule has 0 bridgehead atoms. The summed E-state index contributed by atoms with van der Waals surface area (Å²) in [6, 6.07) is 0. The first-order chi connectivity index (χ1) is 4.35. The number of aliphatic hydroxyl groups excluding tert-OH is 2. The Balaban J connectivity index is 3.28. The van der Waals surface area contributed by atoms with E-state index in [2.05, 4.69) is 6.58 Å². The van der Waals surface area contributed by atoms with Crippen molar-refractivity contribution in [2.75, 3.05) is 13.2 Å². The molecule has 0 spiro atoms. The second kappa shape index (κ2) is 5.79. The van der Waals surface area contributed by atoms with Gasteiger partial charge in [-0.05, 0) is 18.8 Å². The lowest BCUT2D eigenvalue weighted by Crippen LogP contribution is -2.06. The Morgan fingerprint density at radius 2 is 2.11 bits per heavy atom. The molecule has 54 valence electrons. The van der Waals surface area contributed by atoms with Gasteiger partial charge in [0, 0.05) is 13.2 Å². The first-order valence-electron chi connectivity index (χ1n) is 3.17. The third-order valence-corrected chi connectivity index (χ3v) is 1.30. The fourth-order valence-corrected chi connectivity index (χ4v) is 0.702. The van der Waals surface area contributed by atoms with E-state index in [0.717, 1.165) is 6.42 Å². The Kier molecular flexibility index (Phi) is 5.57. The molecule has 0 aliphatic rings. The van der Waals surface area contributed by atoms with Crippen molar-refractivity contribution in [1.29, 1.82) is 0 Å². The maximum absolute atomic E-state index is 8.63. The van der Waals surface area contributed by atoms with Crippen LogP contribution in [0.2, 0.25) is 0 Å². The molecule has 0 saturated carbocycles. The van der Waals surface area contributed by atoms with E-state index in [9.17, 15) is 0 Å². The van der Waals surface area contributed by atoms with Crippen molar-refractivity contribution in [3.63, 3.8) is 0 Å². The monoisotopic (exact) mass is 130 g/mol. The molecule has 0 fully saturated rings. The van der Waals surface area contributed by atoms with Crippen LogP contribution in [-0.2, 0) is 0 Å². The van der Waals surface area contributed by atoms with Gasteiger partial charge in [0.15, 0.2) is 0 Å². The molecular weight excluding hydrogens is 116 g/mol. The van der Waals surface area contributed by atoms with Crippen LogP contribution in [0.15, 0.2) is 12.7 Å². The molecule has 0 radical (unpaired) electrons. The van der Waals surface area contributed by atoms with Gasteiger partial charge in [-0.3, -0.25) is 0 Å². The zero-order valence-corrected chi connectivity index (χ0v) is 5.58. The minimum Gasteiger partial charge on any atom is -0.396 e. The van der Waals surface area contributed by atoms with E-state index in [1.165, 1.54) is 0 Å². The Labute approximate surface area is 55.8 Å². The van der Waals surface area contributed by atoms with Crippen molar-refractivity contribution >= 4 is 0 Å². The van der Waals surface area contributed by atoms with E-state index in [1.54, 1.807) is 6.08 Å². The summed E-state index contributed by atoms with van der Waals surface area (Å²) in [5.41, 5.74) is 0. The summed E-state index contributed by atoms with van der Waals surface area (Å²) < 4.78 is 0. The number of hydrogen-bond donors (Lipinski definition) is 2. The number of aliphatic hydroxyl groups is 2. The summed E-state index contributed by atoms with van der Waals surface area (Å²) in [5.74, 6) is 0.201. The molecule has 0 aromatic carbocycles. The van der Waals surface area contributed by atoms with E-state index in [1.807, 2.05) is 0 Å². The molecule has 1 atom stereocenters. The smallest absolute Gasteiger partial charge is 0.0463 e. The molecule has 0 aliphatic heterocycles. The summed E-state index contributed by atoms with van der Waals surface area (Å²) in [6.07, 6.45) is 3.22. The summed E-state index contributed by atoms with van der Waals surface area (Å²) in [6.45, 7) is 3.84. The Hall–Kier alpha value is -0.340. The highest BCUT2D eigenvalue weighted by atomic mass is 16.3. The van der Waals surface area contributed by atoms with Gasteiger partial charge in [0.25, 0.3) is 0 Å². The van der Waals surface area contributed by atoms with Crippen molar-refractivity contribution in [3.05, 3.63) is 12.7 Å². The summed E-state index contributed by atoms with van der Waals surface area (Å²) in [5, 5.41) is 17.1. The lowest BCUT2D eigenvalue weighted by Gasteiger charge is -2.07. The van der Waals surface area contributed by atoms with Gasteiger partial charge >= 0.3 is 0 Å². The molecule has 0 rings (SSSR count). The van der Waals surface area contributed by atoms with Crippen LogP contribution in [0.4, 0.5) is 0 Å². The predicted molar refractivity (Wildman–Crippen MR) is 37.1 cm³/mol. The third kappa shape index (κ3) is 4.18. The average Bonchev–Trinajstić information content (AvgIpc) is 1.88. The molecule has 0 saturated heterocycles. The molecule has 0 amide bonds. The molecule has 0 aliphatic carbocycles. The van der Waals surface area contributed by atoms with Crippen LogP contribution in [0.5, 0.6) is 0 Å². The van der Waals surface area contributed by atoms with E-state index in [-0.39, 0.29) is 19.1 Å². The maximum Gasteiger partial charge on any atom is 0.0463 e. The number of hydrogen-bond acceptors (Lipinski definition) is 2. The third-order valence-electron chi connectivity index (χ3n) is 1.30. The van der Waals surface area contributed by atoms with E-state index >= 15 is 0 Å². The fourth-order valence-electron chi connectivity index (χ4n) is 0.702. The highest BCUT2D eigenvalue weighted by Crippen LogP contribution is 2.06. The first-order valence-corrected chi connectivity index (χ1v) is 3.17. The van der Waals surface area contributed by atoms with Gasteiger partial charge in [0.05, 0.1) is 0 Å². The van der Waals surface area contributed by atoms with E-state index in [4.69, 9.17) is 10.2 Å². The first kappa shape index (κ1) is 8.66. The molecule has 1 unspecified atom stereocenters. The van der Waals surface area contributed by atoms with Gasteiger partial charge in [0.2, 0.25) is 0 Å². The van der Waals surface area contributed by atoms with Gasteiger partial charge in [0.1, 0.15) is 0 Å². The van der Waals surface area contributed by atoms with Crippen LogP contribution in [0, 0.1) is 5.92 Å². The quantitative estimate of drug-likeness (QED) is 0.534. The van der Waals surface area contributed by atoms with Gasteiger partial charge in [-0.15, -0.1) is 6.58 Å². The van der Waals surface area contributed by atoms with Crippen LogP contribution in [-0.4, -0.2) is 23.4 Å². The summed E-state index contributed by atoms with van der Waals surface area (Å²) in [7, 11) is 0.